The van der Waals surface area contributed by atoms with Gasteiger partial charge in [0.1, 0.15) is 17.3 Å². The van der Waals surface area contributed by atoms with Crippen LogP contribution in [-0.2, 0) is 6.42 Å². The number of allylic oxidation sites excluding steroid dienone is 1. The Balaban J connectivity index is 1.68. The number of aliphatic hydroxyl groups excluding tert-OH is 1. The number of nitrogens with zero attached hydrogens (tertiary/aromatic N) is 2. The van der Waals surface area contributed by atoms with Crippen molar-refractivity contribution in [2.45, 2.75) is 32.3 Å². The number of hydrogen-bond acceptors (Lipinski definition) is 5. The third-order valence-corrected chi connectivity index (χ3v) is 5.62. The molecule has 2 unspecified atom stereocenters. The van der Waals surface area contributed by atoms with Crippen molar-refractivity contribution in [3.63, 3.8) is 0 Å². The molecule has 1 aliphatic rings. The molecule has 0 fully saturated rings. The maximum atomic E-state index is 14.2. The van der Waals surface area contributed by atoms with Crippen LogP contribution in [0.15, 0.2) is 54.9 Å². The predicted molar refractivity (Wildman–Crippen MR) is 119 cm³/mol. The van der Waals surface area contributed by atoms with Crippen molar-refractivity contribution < 1.29 is 18.7 Å². The molecule has 0 aliphatic heterocycles. The molecule has 0 radical (unpaired) electrons. The van der Waals surface area contributed by atoms with E-state index >= 15 is 0 Å². The number of aromatic nitrogens is 2. The van der Waals surface area contributed by atoms with Crippen LogP contribution in [0.25, 0.3) is 16.8 Å². The van der Waals surface area contributed by atoms with E-state index in [1.54, 1.807) is 12.4 Å². The summed E-state index contributed by atoms with van der Waals surface area (Å²) in [6.45, 7) is 2.07. The van der Waals surface area contributed by atoms with Gasteiger partial charge in [-0.2, -0.15) is 0 Å². The number of benzene rings is 1. The number of carbonyl (C=O) groups excluding carboxylic acids is 1. The van der Waals surface area contributed by atoms with E-state index in [0.29, 0.717) is 17.9 Å². The number of hydrogen-bond donors (Lipinski definition) is 2. The first-order valence-corrected chi connectivity index (χ1v) is 10.4. The highest BCUT2D eigenvalue weighted by Crippen LogP contribution is 2.33. The minimum atomic E-state index is -0.771. The van der Waals surface area contributed by atoms with Gasteiger partial charge in [-0.1, -0.05) is 19.1 Å². The van der Waals surface area contributed by atoms with Crippen molar-refractivity contribution >= 4 is 17.0 Å². The molecular weight excluding hydrogens is 412 g/mol. The van der Waals surface area contributed by atoms with Gasteiger partial charge in [0.05, 0.1) is 23.0 Å². The van der Waals surface area contributed by atoms with E-state index in [9.17, 15) is 18.7 Å². The highest BCUT2D eigenvalue weighted by molar-refractivity contribution is 6.01. The second kappa shape index (κ2) is 8.96. The van der Waals surface area contributed by atoms with Crippen molar-refractivity contribution in [1.82, 2.24) is 9.97 Å². The zero-order valence-corrected chi connectivity index (χ0v) is 17.6. The Bertz CT molecular complexity index is 1190. The van der Waals surface area contributed by atoms with Gasteiger partial charge < -0.3 is 10.8 Å². The maximum Gasteiger partial charge on any atom is 0.187 e. The lowest BCUT2D eigenvalue weighted by molar-refractivity contribution is 0.0989. The second-order valence-electron chi connectivity index (χ2n) is 8.17. The van der Waals surface area contributed by atoms with Crippen LogP contribution in [0.5, 0.6) is 0 Å². The smallest absolute Gasteiger partial charge is 0.187 e. The van der Waals surface area contributed by atoms with Crippen LogP contribution < -0.4 is 5.73 Å². The Morgan fingerprint density at radius 3 is 2.66 bits per heavy atom. The number of anilines is 1. The van der Waals surface area contributed by atoms with E-state index in [0.717, 1.165) is 29.7 Å². The van der Waals surface area contributed by atoms with Gasteiger partial charge in [-0.3, -0.25) is 9.78 Å². The summed E-state index contributed by atoms with van der Waals surface area (Å²) in [5.74, 6) is -1.62. The van der Waals surface area contributed by atoms with Crippen molar-refractivity contribution in [2.75, 3.05) is 5.73 Å². The highest BCUT2D eigenvalue weighted by Gasteiger charge is 2.23. The zero-order valence-electron chi connectivity index (χ0n) is 17.6. The summed E-state index contributed by atoms with van der Waals surface area (Å²) in [7, 11) is 0. The number of pyridine rings is 2. The standard InChI is InChI=1S/C25H23F2N3O2/c1-14-9-15(11-17(31)10-14)18-7-8-29-13-16(18)12-23(32)25-21(28)5-6-22(30-25)24-19(26)3-2-4-20(24)27/h2-8,11,13-14,17,31H,9-10,12,28H2,1H3. The molecule has 2 aromatic heterocycles. The van der Waals surface area contributed by atoms with E-state index in [-0.39, 0.29) is 34.8 Å². The molecule has 3 N–H and O–H groups in total. The number of aliphatic hydroxyl groups is 1. The summed E-state index contributed by atoms with van der Waals surface area (Å²) in [5.41, 5.74) is 8.23. The molecule has 5 nitrogen and oxygen atoms in total. The molecule has 2 heterocycles. The van der Waals surface area contributed by atoms with Crippen LogP contribution in [-0.4, -0.2) is 27.0 Å². The number of Topliss-reactive ketones (excluding diaryl/α,β-unsaturated/α-hetero) is 1. The first kappa shape index (κ1) is 21.8. The van der Waals surface area contributed by atoms with E-state index in [2.05, 4.69) is 16.9 Å². The molecule has 7 heteroatoms. The molecule has 1 aliphatic carbocycles. The molecule has 164 valence electrons. The summed E-state index contributed by atoms with van der Waals surface area (Å²) in [6, 6.07) is 8.16. The van der Waals surface area contributed by atoms with Crippen molar-refractivity contribution in [1.29, 1.82) is 0 Å². The van der Waals surface area contributed by atoms with Gasteiger partial charge in [0, 0.05) is 18.8 Å². The first-order valence-electron chi connectivity index (χ1n) is 10.4. The third kappa shape index (κ3) is 4.43. The molecule has 0 amide bonds. The molecule has 0 saturated carbocycles. The summed E-state index contributed by atoms with van der Waals surface area (Å²) in [6.07, 6.45) is 5.98. The SMILES string of the molecule is CC1CC(c2ccncc2CC(=O)c2nc(-c3c(F)cccc3F)ccc2N)=CC(O)C1. The minimum absolute atomic E-state index is 0.00324. The Labute approximate surface area is 184 Å². The molecule has 0 bridgehead atoms. The summed E-state index contributed by atoms with van der Waals surface area (Å²) < 4.78 is 28.4. The van der Waals surface area contributed by atoms with Gasteiger partial charge in [-0.25, -0.2) is 13.8 Å². The fourth-order valence-electron chi connectivity index (χ4n) is 4.15. The summed E-state index contributed by atoms with van der Waals surface area (Å²) >= 11 is 0. The van der Waals surface area contributed by atoms with Gasteiger partial charge in [0.2, 0.25) is 0 Å². The monoisotopic (exact) mass is 435 g/mol. The lowest BCUT2D eigenvalue weighted by atomic mass is 9.83. The van der Waals surface area contributed by atoms with E-state index < -0.39 is 17.7 Å². The zero-order chi connectivity index (χ0) is 22.8. The van der Waals surface area contributed by atoms with Gasteiger partial charge in [-0.15, -0.1) is 0 Å². The Morgan fingerprint density at radius 1 is 1.19 bits per heavy atom. The number of nitrogen functional groups attached to an aromatic ring is 1. The molecule has 0 saturated heterocycles. The van der Waals surface area contributed by atoms with E-state index in [4.69, 9.17) is 5.73 Å². The molecule has 3 aromatic rings. The van der Waals surface area contributed by atoms with Crippen LogP contribution in [0.2, 0.25) is 0 Å². The topological polar surface area (TPSA) is 89.1 Å². The lowest BCUT2D eigenvalue weighted by Gasteiger charge is -2.24. The fraction of sp³-hybridized carbons (Fsp3) is 0.240. The Kier molecular flexibility index (Phi) is 6.10. The van der Waals surface area contributed by atoms with Crippen molar-refractivity contribution in [3.05, 3.63) is 83.3 Å². The number of nitrogens with two attached hydrogens (primary N) is 1. The Hall–Kier alpha value is -3.45. The van der Waals surface area contributed by atoms with Gasteiger partial charge in [0.25, 0.3) is 0 Å². The van der Waals surface area contributed by atoms with Crippen LogP contribution in [0, 0.1) is 17.6 Å². The average Bonchev–Trinajstić information content (AvgIpc) is 2.74. The molecule has 1 aromatic carbocycles. The lowest BCUT2D eigenvalue weighted by Crippen LogP contribution is -2.17. The highest BCUT2D eigenvalue weighted by atomic mass is 19.1. The largest absolute Gasteiger partial charge is 0.397 e. The van der Waals surface area contributed by atoms with Crippen LogP contribution in [0.4, 0.5) is 14.5 Å². The molecular formula is C25H23F2N3O2. The molecule has 2 atom stereocenters. The molecule has 4 rings (SSSR count). The minimum Gasteiger partial charge on any atom is -0.397 e. The third-order valence-electron chi connectivity index (χ3n) is 5.62. The first-order chi connectivity index (χ1) is 15.3. The second-order valence-corrected chi connectivity index (χ2v) is 8.17. The van der Waals surface area contributed by atoms with E-state index in [1.807, 2.05) is 12.1 Å². The average molecular weight is 435 g/mol. The molecule has 0 spiro atoms. The summed E-state index contributed by atoms with van der Waals surface area (Å²) in [4.78, 5) is 21.5. The predicted octanol–water partition coefficient (Wildman–Crippen LogP) is 4.60. The van der Waals surface area contributed by atoms with Crippen molar-refractivity contribution in [3.8, 4) is 11.3 Å². The quantitative estimate of drug-likeness (QED) is 0.572. The van der Waals surface area contributed by atoms with Crippen LogP contribution >= 0.6 is 0 Å². The van der Waals surface area contributed by atoms with Crippen LogP contribution in [0.3, 0.4) is 0 Å². The van der Waals surface area contributed by atoms with Gasteiger partial charge in [-0.05, 0) is 65.8 Å². The van der Waals surface area contributed by atoms with Crippen LogP contribution in [0.1, 0.15) is 41.4 Å². The van der Waals surface area contributed by atoms with Gasteiger partial charge in [0.15, 0.2) is 5.78 Å². The number of rotatable bonds is 5. The van der Waals surface area contributed by atoms with Crippen molar-refractivity contribution in [2.24, 2.45) is 5.92 Å². The molecule has 32 heavy (non-hydrogen) atoms. The van der Waals surface area contributed by atoms with E-state index in [1.165, 1.54) is 18.2 Å². The number of carbonyl (C=O) groups is 1. The maximum absolute atomic E-state index is 14.2. The van der Waals surface area contributed by atoms with Gasteiger partial charge >= 0.3 is 0 Å². The Morgan fingerprint density at radius 2 is 1.94 bits per heavy atom. The number of halogens is 2. The summed E-state index contributed by atoms with van der Waals surface area (Å²) in [5, 5.41) is 10.1. The number of ketones is 1. The fourth-order valence-corrected chi connectivity index (χ4v) is 4.15. The normalized spacial score (nSPS) is 18.3.